The molecule has 2 atom stereocenters. The van der Waals surface area contributed by atoms with Gasteiger partial charge >= 0.3 is 0 Å². The smallest absolute Gasteiger partial charge is 0.119 e. The van der Waals surface area contributed by atoms with Gasteiger partial charge in [0.25, 0.3) is 0 Å². The molecule has 0 N–H and O–H groups in total. The number of hydrogen-bond acceptors (Lipinski definition) is 3. The average molecular weight is 401 g/mol. The average Bonchev–Trinajstić information content (AvgIpc) is 3.35. The standard InChI is InChI=1S/C27H28O3/c1-12-28-16-20-2-3-21(20)17-30-23-9-5-19-7-11-25(27(19)15-23)24-10-6-18-4-8-22(29-13-1)14-26(18)24/h2-5,8-9,14-15,20-21H,1,6-7,10-13,16-17H2/b25-24-/t20-,21-/m0/s1. The maximum Gasteiger partial charge on any atom is 0.119 e. The fourth-order valence-electron chi connectivity index (χ4n) is 5.25. The second kappa shape index (κ2) is 7.63. The van der Waals surface area contributed by atoms with Crippen molar-refractivity contribution in [2.24, 2.45) is 11.8 Å². The number of aryl methyl sites for hydroxylation is 2. The summed E-state index contributed by atoms with van der Waals surface area (Å²) in [6, 6.07) is 13.3. The first kappa shape index (κ1) is 18.3. The van der Waals surface area contributed by atoms with Gasteiger partial charge in [0.2, 0.25) is 0 Å². The van der Waals surface area contributed by atoms with Crippen LogP contribution < -0.4 is 9.47 Å². The highest BCUT2D eigenvalue weighted by Crippen LogP contribution is 2.45. The maximum atomic E-state index is 6.23. The van der Waals surface area contributed by atoms with E-state index in [9.17, 15) is 0 Å². The van der Waals surface area contributed by atoms with Gasteiger partial charge in [-0.25, -0.2) is 0 Å². The summed E-state index contributed by atoms with van der Waals surface area (Å²) < 4.78 is 18.2. The molecule has 0 saturated heterocycles. The van der Waals surface area contributed by atoms with E-state index in [1.165, 1.54) is 33.4 Å². The van der Waals surface area contributed by atoms with Crippen LogP contribution in [0.5, 0.6) is 11.5 Å². The molecule has 6 rings (SSSR count). The molecule has 1 aliphatic heterocycles. The molecule has 30 heavy (non-hydrogen) atoms. The summed E-state index contributed by atoms with van der Waals surface area (Å²) in [6.45, 7) is 2.93. The van der Waals surface area contributed by atoms with Gasteiger partial charge in [0.1, 0.15) is 11.5 Å². The summed E-state index contributed by atoms with van der Waals surface area (Å²) in [5.41, 5.74) is 8.72. The number of allylic oxidation sites excluding steroid dienone is 2. The molecule has 3 heteroatoms. The van der Waals surface area contributed by atoms with Gasteiger partial charge in [-0.2, -0.15) is 0 Å². The predicted octanol–water partition coefficient (Wildman–Crippen LogP) is 5.47. The summed E-state index contributed by atoms with van der Waals surface area (Å²) in [6.07, 6.45) is 9.93. The third-order valence-corrected chi connectivity index (χ3v) is 7.08. The molecule has 0 spiro atoms. The third kappa shape index (κ3) is 3.26. The Morgan fingerprint density at radius 2 is 1.27 bits per heavy atom. The van der Waals surface area contributed by atoms with Crippen molar-refractivity contribution in [3.63, 3.8) is 0 Å². The predicted molar refractivity (Wildman–Crippen MR) is 119 cm³/mol. The van der Waals surface area contributed by atoms with Crippen molar-refractivity contribution in [3.8, 4) is 11.5 Å². The fourth-order valence-corrected chi connectivity index (χ4v) is 5.25. The zero-order valence-electron chi connectivity index (χ0n) is 17.4. The van der Waals surface area contributed by atoms with Crippen LogP contribution in [-0.2, 0) is 17.6 Å². The maximum absolute atomic E-state index is 6.23. The lowest BCUT2D eigenvalue weighted by atomic mass is 9.83. The Bertz CT molecular complexity index is 1030. The molecule has 0 fully saturated rings. The van der Waals surface area contributed by atoms with Crippen molar-refractivity contribution in [2.75, 3.05) is 26.4 Å². The van der Waals surface area contributed by atoms with E-state index in [0.717, 1.165) is 63.4 Å². The van der Waals surface area contributed by atoms with Gasteiger partial charge in [-0.1, -0.05) is 24.3 Å². The highest BCUT2D eigenvalue weighted by atomic mass is 16.5. The molecular formula is C27H28O3. The van der Waals surface area contributed by atoms with E-state index in [1.54, 1.807) is 0 Å². The Balaban J connectivity index is 1.37. The number of rotatable bonds is 0. The SMILES string of the molecule is C1=C[C@H]2COc3ccc4c(c3)/C(=C3/CCc5ccc(cc53)OCCCOC[C@H]12)CC4. The Morgan fingerprint density at radius 3 is 1.93 bits per heavy atom. The number of ether oxygens (including phenoxy) is 3. The molecule has 2 aromatic carbocycles. The van der Waals surface area contributed by atoms with Gasteiger partial charge in [-0.15, -0.1) is 0 Å². The molecule has 3 aliphatic carbocycles. The Hall–Kier alpha value is -2.52. The minimum absolute atomic E-state index is 0.448. The van der Waals surface area contributed by atoms with Gasteiger partial charge < -0.3 is 14.2 Å². The zero-order chi connectivity index (χ0) is 19.9. The van der Waals surface area contributed by atoms with E-state index < -0.39 is 0 Å². The first-order valence-electron chi connectivity index (χ1n) is 11.4. The van der Waals surface area contributed by atoms with E-state index in [-0.39, 0.29) is 0 Å². The quantitative estimate of drug-likeness (QED) is 0.549. The van der Waals surface area contributed by atoms with Gasteiger partial charge in [-0.3, -0.25) is 0 Å². The lowest BCUT2D eigenvalue weighted by Gasteiger charge is -2.29. The van der Waals surface area contributed by atoms with Crippen molar-refractivity contribution in [1.82, 2.24) is 0 Å². The second-order valence-corrected chi connectivity index (χ2v) is 8.90. The summed E-state index contributed by atoms with van der Waals surface area (Å²) in [7, 11) is 0. The molecular weight excluding hydrogens is 372 g/mol. The third-order valence-electron chi connectivity index (χ3n) is 7.08. The summed E-state index contributed by atoms with van der Waals surface area (Å²) in [4.78, 5) is 0. The van der Waals surface area contributed by atoms with Crippen LogP contribution in [0, 0.1) is 11.8 Å². The van der Waals surface area contributed by atoms with Crippen molar-refractivity contribution in [1.29, 1.82) is 0 Å². The fraction of sp³-hybridized carbons (Fsp3) is 0.407. The molecule has 4 aliphatic rings. The molecule has 0 amide bonds. The largest absolute Gasteiger partial charge is 0.493 e. The van der Waals surface area contributed by atoms with Crippen molar-refractivity contribution in [3.05, 3.63) is 70.8 Å². The molecule has 4 bridgehead atoms. The van der Waals surface area contributed by atoms with Gasteiger partial charge in [0, 0.05) is 24.9 Å². The van der Waals surface area contributed by atoms with Crippen LogP contribution in [0.4, 0.5) is 0 Å². The summed E-state index contributed by atoms with van der Waals surface area (Å²) >= 11 is 0. The van der Waals surface area contributed by atoms with Crippen LogP contribution in [0.2, 0.25) is 0 Å². The second-order valence-electron chi connectivity index (χ2n) is 8.90. The lowest BCUT2D eigenvalue weighted by molar-refractivity contribution is 0.0743. The number of fused-ring (bicyclic) bond motifs is 3. The normalized spacial score (nSPS) is 27.3. The molecule has 3 nitrogen and oxygen atoms in total. The first-order valence-corrected chi connectivity index (χ1v) is 11.4. The van der Waals surface area contributed by atoms with Gasteiger partial charge in [0.15, 0.2) is 0 Å². The van der Waals surface area contributed by atoms with Gasteiger partial charge in [0.05, 0.1) is 19.8 Å². The highest BCUT2D eigenvalue weighted by Gasteiger charge is 2.27. The molecule has 2 aromatic rings. The van der Waals surface area contributed by atoms with Crippen LogP contribution in [-0.4, -0.2) is 26.4 Å². The monoisotopic (exact) mass is 400 g/mol. The van der Waals surface area contributed by atoms with Crippen molar-refractivity contribution < 1.29 is 14.2 Å². The van der Waals surface area contributed by atoms with Crippen LogP contribution in [0.3, 0.4) is 0 Å². The van der Waals surface area contributed by atoms with Crippen LogP contribution >= 0.6 is 0 Å². The van der Waals surface area contributed by atoms with E-state index in [1.807, 2.05) is 0 Å². The molecule has 0 saturated carbocycles. The van der Waals surface area contributed by atoms with E-state index >= 15 is 0 Å². The molecule has 1 heterocycles. The lowest BCUT2D eigenvalue weighted by Crippen LogP contribution is -2.29. The highest BCUT2D eigenvalue weighted by molar-refractivity contribution is 5.96. The molecule has 0 aromatic heterocycles. The van der Waals surface area contributed by atoms with Crippen LogP contribution in [0.25, 0.3) is 11.1 Å². The van der Waals surface area contributed by atoms with Crippen LogP contribution in [0.15, 0.2) is 48.6 Å². The van der Waals surface area contributed by atoms with E-state index in [4.69, 9.17) is 14.2 Å². The Kier molecular flexibility index (Phi) is 4.64. The number of hydrogen-bond donors (Lipinski definition) is 0. The van der Waals surface area contributed by atoms with E-state index in [2.05, 4.69) is 48.6 Å². The minimum Gasteiger partial charge on any atom is -0.493 e. The Morgan fingerprint density at radius 1 is 0.633 bits per heavy atom. The molecule has 0 radical (unpaired) electrons. The molecule has 0 unspecified atom stereocenters. The van der Waals surface area contributed by atoms with E-state index in [0.29, 0.717) is 18.4 Å². The molecule has 154 valence electrons. The topological polar surface area (TPSA) is 27.7 Å². The summed E-state index contributed by atoms with van der Waals surface area (Å²) in [5, 5.41) is 0. The summed E-state index contributed by atoms with van der Waals surface area (Å²) in [5.74, 6) is 2.88. The van der Waals surface area contributed by atoms with Crippen molar-refractivity contribution in [2.45, 2.75) is 32.1 Å². The van der Waals surface area contributed by atoms with Crippen molar-refractivity contribution >= 4 is 11.1 Å². The minimum atomic E-state index is 0.448. The van der Waals surface area contributed by atoms with Gasteiger partial charge in [-0.05, 0) is 83.3 Å². The van der Waals surface area contributed by atoms with Crippen LogP contribution in [0.1, 0.15) is 41.5 Å². The first-order chi connectivity index (χ1) is 14.8. The Labute approximate surface area is 178 Å². The number of benzene rings is 2. The zero-order valence-corrected chi connectivity index (χ0v) is 17.4.